The molecule has 28 heavy (non-hydrogen) atoms. The lowest BCUT2D eigenvalue weighted by Crippen LogP contribution is -2.19. The Balaban J connectivity index is 1.74. The van der Waals surface area contributed by atoms with Gasteiger partial charge in [-0.25, -0.2) is 10.5 Å². The Labute approximate surface area is 163 Å². The van der Waals surface area contributed by atoms with Gasteiger partial charge in [0.1, 0.15) is 0 Å². The van der Waals surface area contributed by atoms with Crippen molar-refractivity contribution in [2.45, 2.75) is 13.3 Å². The van der Waals surface area contributed by atoms with E-state index in [4.69, 9.17) is 5.21 Å². The largest absolute Gasteiger partial charge is 0.288 e. The van der Waals surface area contributed by atoms with E-state index in [1.54, 1.807) is 11.5 Å². The van der Waals surface area contributed by atoms with Crippen LogP contribution in [0.4, 0.5) is 0 Å². The minimum absolute atomic E-state index is 0.391. The minimum atomic E-state index is -0.549. The molecule has 4 nitrogen and oxygen atoms in total. The molecule has 0 radical (unpaired) electrons. The number of carbonyl (C=O) groups excluding carboxylic acids is 1. The van der Waals surface area contributed by atoms with Crippen LogP contribution in [0, 0.1) is 0 Å². The average Bonchev–Trinajstić information content (AvgIpc) is 2.78. The lowest BCUT2D eigenvalue weighted by Gasteiger charge is -2.09. The molecule has 0 saturated carbocycles. The number of para-hydroxylation sites is 1. The summed E-state index contributed by atoms with van der Waals surface area (Å²) >= 11 is 0. The van der Waals surface area contributed by atoms with Crippen LogP contribution in [0.5, 0.6) is 0 Å². The first kappa shape index (κ1) is 17.9. The number of benzene rings is 3. The Morgan fingerprint density at radius 2 is 1.50 bits per heavy atom. The molecule has 4 rings (SSSR count). The highest BCUT2D eigenvalue weighted by Crippen LogP contribution is 2.27. The molecule has 138 valence electrons. The number of pyridine rings is 1. The molecular weight excluding hydrogens is 348 g/mol. The molecule has 0 aliphatic carbocycles. The second-order valence-corrected chi connectivity index (χ2v) is 6.64. The van der Waals surface area contributed by atoms with Gasteiger partial charge in [-0.3, -0.25) is 10.0 Å². The van der Waals surface area contributed by atoms with Crippen molar-refractivity contribution in [2.75, 3.05) is 0 Å². The van der Waals surface area contributed by atoms with Crippen LogP contribution in [0.1, 0.15) is 22.8 Å². The summed E-state index contributed by atoms with van der Waals surface area (Å²) in [4.78, 5) is 16.8. The molecule has 1 aromatic heterocycles. The third kappa shape index (κ3) is 3.38. The molecule has 0 spiro atoms. The number of hydrogen-bond acceptors (Lipinski definition) is 3. The molecule has 0 aliphatic rings. The summed E-state index contributed by atoms with van der Waals surface area (Å²) in [6.45, 7) is 2.14. The molecule has 2 N–H and O–H groups in total. The zero-order valence-corrected chi connectivity index (χ0v) is 15.5. The number of rotatable bonds is 4. The van der Waals surface area contributed by atoms with Crippen LogP contribution in [0.15, 0.2) is 78.9 Å². The summed E-state index contributed by atoms with van der Waals surface area (Å²) in [5.41, 5.74) is 8.02. The maximum Gasteiger partial charge on any atom is 0.275 e. The summed E-state index contributed by atoms with van der Waals surface area (Å²) in [5.74, 6) is -0.549. The van der Waals surface area contributed by atoms with E-state index in [1.165, 1.54) is 5.56 Å². The Bertz CT molecular complexity index is 1130. The summed E-state index contributed by atoms with van der Waals surface area (Å²) in [5, 5.41) is 9.79. The van der Waals surface area contributed by atoms with Crippen LogP contribution in [0.2, 0.25) is 0 Å². The molecule has 0 fully saturated rings. The number of nitrogens with one attached hydrogen (secondary N) is 1. The van der Waals surface area contributed by atoms with Gasteiger partial charge in [-0.2, -0.15) is 0 Å². The molecule has 4 aromatic rings. The first-order valence-electron chi connectivity index (χ1n) is 9.23. The standard InChI is InChI=1S/C24H20N2O2/c1-2-16-7-9-17(10-8-16)18-11-13-19(14-12-18)23-15-21(24(27)26-28)20-5-3-4-6-22(20)25-23/h3-15,28H,2H2,1H3,(H,26,27). The number of hydrogen-bond donors (Lipinski definition) is 2. The van der Waals surface area contributed by atoms with Crippen molar-refractivity contribution < 1.29 is 10.0 Å². The molecule has 1 heterocycles. The van der Waals surface area contributed by atoms with Crippen molar-refractivity contribution in [1.82, 2.24) is 10.5 Å². The van der Waals surface area contributed by atoms with E-state index < -0.39 is 5.91 Å². The molecule has 0 saturated heterocycles. The molecule has 0 aliphatic heterocycles. The van der Waals surface area contributed by atoms with Crippen molar-refractivity contribution in [3.63, 3.8) is 0 Å². The molecule has 0 atom stereocenters. The Hall–Kier alpha value is -3.50. The first-order valence-corrected chi connectivity index (χ1v) is 9.23. The highest BCUT2D eigenvalue weighted by molar-refractivity contribution is 6.06. The van der Waals surface area contributed by atoms with Crippen molar-refractivity contribution in [3.8, 4) is 22.4 Å². The van der Waals surface area contributed by atoms with Gasteiger partial charge in [0, 0.05) is 10.9 Å². The lowest BCUT2D eigenvalue weighted by molar-refractivity contribution is 0.0708. The van der Waals surface area contributed by atoms with Crippen LogP contribution in [0.3, 0.4) is 0 Å². The number of aromatic nitrogens is 1. The third-order valence-electron chi connectivity index (χ3n) is 4.94. The van der Waals surface area contributed by atoms with Gasteiger partial charge in [0.15, 0.2) is 0 Å². The van der Waals surface area contributed by atoms with Crippen molar-refractivity contribution in [2.24, 2.45) is 0 Å². The maximum absolute atomic E-state index is 12.1. The predicted octanol–water partition coefficient (Wildman–Crippen LogP) is 5.25. The molecule has 3 aromatic carbocycles. The summed E-state index contributed by atoms with van der Waals surface area (Å²) in [6, 6.07) is 25.8. The minimum Gasteiger partial charge on any atom is -0.288 e. The number of aryl methyl sites for hydroxylation is 1. The van der Waals surface area contributed by atoms with E-state index in [1.807, 2.05) is 36.4 Å². The van der Waals surface area contributed by atoms with Gasteiger partial charge in [-0.15, -0.1) is 0 Å². The molecule has 0 unspecified atom stereocenters. The van der Waals surface area contributed by atoms with E-state index >= 15 is 0 Å². The highest BCUT2D eigenvalue weighted by atomic mass is 16.5. The molecular formula is C24H20N2O2. The SMILES string of the molecule is CCc1ccc(-c2ccc(-c3cc(C(=O)NO)c4ccccc4n3)cc2)cc1. The van der Waals surface area contributed by atoms with Gasteiger partial charge in [-0.1, -0.05) is 73.7 Å². The lowest BCUT2D eigenvalue weighted by atomic mass is 9.99. The van der Waals surface area contributed by atoms with Gasteiger partial charge in [0.2, 0.25) is 0 Å². The number of amides is 1. The highest BCUT2D eigenvalue weighted by Gasteiger charge is 2.13. The quantitative estimate of drug-likeness (QED) is 0.382. The Morgan fingerprint density at radius 3 is 2.14 bits per heavy atom. The summed E-state index contributed by atoms with van der Waals surface area (Å²) in [6.07, 6.45) is 1.02. The third-order valence-corrected chi connectivity index (χ3v) is 4.94. The zero-order chi connectivity index (χ0) is 19.5. The fourth-order valence-corrected chi connectivity index (χ4v) is 3.34. The van der Waals surface area contributed by atoms with Gasteiger partial charge >= 0.3 is 0 Å². The Kier molecular flexibility index (Phi) is 4.87. The maximum atomic E-state index is 12.1. The molecule has 0 bridgehead atoms. The molecule has 1 amide bonds. The number of carbonyl (C=O) groups is 1. The van der Waals surface area contributed by atoms with Gasteiger partial charge in [-0.05, 0) is 35.2 Å². The predicted molar refractivity (Wildman–Crippen MR) is 111 cm³/mol. The van der Waals surface area contributed by atoms with Crippen LogP contribution >= 0.6 is 0 Å². The van der Waals surface area contributed by atoms with Gasteiger partial charge < -0.3 is 0 Å². The van der Waals surface area contributed by atoms with E-state index in [9.17, 15) is 4.79 Å². The Morgan fingerprint density at radius 1 is 0.893 bits per heavy atom. The van der Waals surface area contributed by atoms with Crippen LogP contribution in [-0.2, 0) is 6.42 Å². The number of fused-ring (bicyclic) bond motifs is 1. The summed E-state index contributed by atoms with van der Waals surface area (Å²) in [7, 11) is 0. The number of nitrogens with zero attached hydrogens (tertiary/aromatic N) is 1. The van der Waals surface area contributed by atoms with E-state index in [0.717, 1.165) is 23.1 Å². The zero-order valence-electron chi connectivity index (χ0n) is 15.5. The second-order valence-electron chi connectivity index (χ2n) is 6.64. The second kappa shape index (κ2) is 7.62. The monoisotopic (exact) mass is 368 g/mol. The van der Waals surface area contributed by atoms with E-state index in [-0.39, 0.29) is 0 Å². The fourth-order valence-electron chi connectivity index (χ4n) is 3.34. The first-order chi connectivity index (χ1) is 13.7. The van der Waals surface area contributed by atoms with Crippen LogP contribution < -0.4 is 5.48 Å². The van der Waals surface area contributed by atoms with Crippen LogP contribution in [-0.4, -0.2) is 16.1 Å². The van der Waals surface area contributed by atoms with Crippen molar-refractivity contribution in [3.05, 3.63) is 90.0 Å². The molecule has 4 heteroatoms. The van der Waals surface area contributed by atoms with E-state index in [2.05, 4.69) is 48.3 Å². The fraction of sp³-hybridized carbons (Fsp3) is 0.0833. The van der Waals surface area contributed by atoms with E-state index in [0.29, 0.717) is 22.2 Å². The van der Waals surface area contributed by atoms with Gasteiger partial charge in [0.05, 0.1) is 16.8 Å². The van der Waals surface area contributed by atoms with Crippen LogP contribution in [0.25, 0.3) is 33.3 Å². The van der Waals surface area contributed by atoms with Crippen molar-refractivity contribution >= 4 is 16.8 Å². The smallest absolute Gasteiger partial charge is 0.275 e. The van der Waals surface area contributed by atoms with Crippen molar-refractivity contribution in [1.29, 1.82) is 0 Å². The summed E-state index contributed by atoms with van der Waals surface area (Å²) < 4.78 is 0. The van der Waals surface area contributed by atoms with Gasteiger partial charge in [0.25, 0.3) is 5.91 Å². The normalized spacial score (nSPS) is 10.8. The average molecular weight is 368 g/mol. The number of hydroxylamine groups is 1. The topological polar surface area (TPSA) is 62.2 Å².